The summed E-state index contributed by atoms with van der Waals surface area (Å²) in [6, 6.07) is 0. The van der Waals surface area contributed by atoms with E-state index >= 15 is 0 Å². The van der Waals surface area contributed by atoms with Crippen molar-refractivity contribution in [3.05, 3.63) is 23.3 Å². The van der Waals surface area contributed by atoms with Crippen molar-refractivity contribution in [3.63, 3.8) is 0 Å². The van der Waals surface area contributed by atoms with E-state index in [-0.39, 0.29) is 5.91 Å². The van der Waals surface area contributed by atoms with Crippen LogP contribution in [0.15, 0.2) is 6.20 Å². The lowest BCUT2D eigenvalue weighted by Gasteiger charge is -2.01. The van der Waals surface area contributed by atoms with E-state index in [0.29, 0.717) is 5.69 Å². The standard InChI is InChI=1S/C8H11N3O.C2H6/c1-5-6(2)11-7(4-10-5)8(12)9-3;1-2/h4H,1-3H3,(H,9,12);1-2H3. The third-order valence-corrected chi connectivity index (χ3v) is 1.65. The molecule has 1 aromatic rings. The van der Waals surface area contributed by atoms with Gasteiger partial charge in [0.05, 0.1) is 17.6 Å². The van der Waals surface area contributed by atoms with Crippen molar-refractivity contribution >= 4 is 5.91 Å². The Morgan fingerprint density at radius 2 is 1.86 bits per heavy atom. The van der Waals surface area contributed by atoms with E-state index in [2.05, 4.69) is 15.3 Å². The molecule has 4 heteroatoms. The molecule has 1 N–H and O–H groups in total. The van der Waals surface area contributed by atoms with E-state index in [0.717, 1.165) is 11.4 Å². The molecule has 0 aliphatic rings. The molecule has 4 nitrogen and oxygen atoms in total. The normalized spacial score (nSPS) is 8.64. The molecule has 0 fully saturated rings. The third-order valence-electron chi connectivity index (χ3n) is 1.65. The zero-order valence-electron chi connectivity index (χ0n) is 9.38. The second-order valence-corrected chi connectivity index (χ2v) is 2.51. The van der Waals surface area contributed by atoms with E-state index in [1.807, 2.05) is 27.7 Å². The van der Waals surface area contributed by atoms with Crippen molar-refractivity contribution < 1.29 is 4.79 Å². The summed E-state index contributed by atoms with van der Waals surface area (Å²) in [6.45, 7) is 7.69. The molecule has 0 aliphatic carbocycles. The van der Waals surface area contributed by atoms with Gasteiger partial charge in [-0.25, -0.2) is 4.98 Å². The molecule has 0 bridgehead atoms. The molecule has 0 saturated carbocycles. The Morgan fingerprint density at radius 1 is 1.29 bits per heavy atom. The van der Waals surface area contributed by atoms with Crippen molar-refractivity contribution in [3.8, 4) is 0 Å². The van der Waals surface area contributed by atoms with Crippen molar-refractivity contribution in [2.45, 2.75) is 27.7 Å². The van der Waals surface area contributed by atoms with Gasteiger partial charge in [-0.15, -0.1) is 0 Å². The van der Waals surface area contributed by atoms with Crippen LogP contribution in [-0.4, -0.2) is 22.9 Å². The Labute approximate surface area is 84.8 Å². The Morgan fingerprint density at radius 3 is 2.29 bits per heavy atom. The predicted octanol–water partition coefficient (Wildman–Crippen LogP) is 1.48. The van der Waals surface area contributed by atoms with Crippen molar-refractivity contribution in [1.82, 2.24) is 15.3 Å². The number of nitrogens with zero attached hydrogens (tertiary/aromatic N) is 2. The first-order chi connectivity index (χ1) is 6.65. The second kappa shape index (κ2) is 6.07. The van der Waals surface area contributed by atoms with Gasteiger partial charge in [-0.05, 0) is 13.8 Å². The Balaban J connectivity index is 0.000000791. The van der Waals surface area contributed by atoms with Crippen LogP contribution in [0, 0.1) is 13.8 Å². The molecule has 0 spiro atoms. The molecule has 0 saturated heterocycles. The quantitative estimate of drug-likeness (QED) is 0.738. The van der Waals surface area contributed by atoms with E-state index in [1.165, 1.54) is 6.20 Å². The monoisotopic (exact) mass is 195 g/mol. The Bertz CT molecular complexity index is 310. The van der Waals surface area contributed by atoms with Gasteiger partial charge < -0.3 is 5.32 Å². The maximum Gasteiger partial charge on any atom is 0.271 e. The summed E-state index contributed by atoms with van der Waals surface area (Å²) >= 11 is 0. The Kier molecular flexibility index (Phi) is 5.44. The topological polar surface area (TPSA) is 54.9 Å². The molecule has 0 radical (unpaired) electrons. The number of hydrogen-bond acceptors (Lipinski definition) is 3. The largest absolute Gasteiger partial charge is 0.354 e. The number of aryl methyl sites for hydroxylation is 2. The number of aromatic nitrogens is 2. The molecule has 78 valence electrons. The van der Waals surface area contributed by atoms with Gasteiger partial charge in [-0.2, -0.15) is 0 Å². The van der Waals surface area contributed by atoms with Crippen molar-refractivity contribution in [2.75, 3.05) is 7.05 Å². The smallest absolute Gasteiger partial charge is 0.271 e. The highest BCUT2D eigenvalue weighted by atomic mass is 16.1. The molecule has 14 heavy (non-hydrogen) atoms. The van der Waals surface area contributed by atoms with Crippen LogP contribution in [0.3, 0.4) is 0 Å². The lowest BCUT2D eigenvalue weighted by atomic mass is 10.3. The molecule has 0 unspecified atom stereocenters. The molecule has 0 aromatic carbocycles. The van der Waals surface area contributed by atoms with Crippen LogP contribution >= 0.6 is 0 Å². The first-order valence-electron chi connectivity index (χ1n) is 4.67. The van der Waals surface area contributed by atoms with Crippen molar-refractivity contribution in [1.29, 1.82) is 0 Å². The van der Waals surface area contributed by atoms with E-state index < -0.39 is 0 Å². The van der Waals surface area contributed by atoms with Gasteiger partial charge in [0, 0.05) is 7.05 Å². The summed E-state index contributed by atoms with van der Waals surface area (Å²) in [4.78, 5) is 19.2. The van der Waals surface area contributed by atoms with Crippen LogP contribution < -0.4 is 5.32 Å². The summed E-state index contributed by atoms with van der Waals surface area (Å²) in [5, 5.41) is 2.49. The highest BCUT2D eigenvalue weighted by Gasteiger charge is 2.05. The molecule has 1 rings (SSSR count). The molecular weight excluding hydrogens is 178 g/mol. The summed E-state index contributed by atoms with van der Waals surface area (Å²) in [6.07, 6.45) is 1.47. The fraction of sp³-hybridized carbons (Fsp3) is 0.500. The van der Waals surface area contributed by atoms with Gasteiger partial charge >= 0.3 is 0 Å². The number of carbonyl (C=O) groups excluding carboxylic acids is 1. The molecule has 0 aliphatic heterocycles. The van der Waals surface area contributed by atoms with Crippen LogP contribution in [-0.2, 0) is 0 Å². The molecular formula is C10H17N3O. The van der Waals surface area contributed by atoms with Crippen LogP contribution in [0.5, 0.6) is 0 Å². The maximum atomic E-state index is 11.1. The number of carbonyl (C=O) groups is 1. The van der Waals surface area contributed by atoms with Gasteiger partial charge in [0.1, 0.15) is 5.69 Å². The lowest BCUT2D eigenvalue weighted by Crippen LogP contribution is -2.20. The Hall–Kier alpha value is -1.45. The van der Waals surface area contributed by atoms with Crippen LogP contribution in [0.4, 0.5) is 0 Å². The van der Waals surface area contributed by atoms with Crippen LogP contribution in [0.1, 0.15) is 35.7 Å². The van der Waals surface area contributed by atoms with Crippen molar-refractivity contribution in [2.24, 2.45) is 0 Å². The molecule has 0 atom stereocenters. The van der Waals surface area contributed by atoms with Gasteiger partial charge in [-0.1, -0.05) is 13.8 Å². The summed E-state index contributed by atoms with van der Waals surface area (Å²) in [5.41, 5.74) is 2.00. The molecule has 1 aromatic heterocycles. The zero-order chi connectivity index (χ0) is 11.1. The zero-order valence-corrected chi connectivity index (χ0v) is 9.38. The van der Waals surface area contributed by atoms with Gasteiger partial charge in [-0.3, -0.25) is 9.78 Å². The van der Waals surface area contributed by atoms with E-state index in [4.69, 9.17) is 0 Å². The number of rotatable bonds is 1. The molecule has 1 heterocycles. The minimum Gasteiger partial charge on any atom is -0.354 e. The van der Waals surface area contributed by atoms with Gasteiger partial charge in [0.2, 0.25) is 0 Å². The summed E-state index contributed by atoms with van der Waals surface area (Å²) in [7, 11) is 1.57. The maximum absolute atomic E-state index is 11.1. The van der Waals surface area contributed by atoms with Gasteiger partial charge in [0.25, 0.3) is 5.91 Å². The SMILES string of the molecule is CC.CNC(=O)c1cnc(C)c(C)n1. The minimum absolute atomic E-state index is 0.203. The highest BCUT2D eigenvalue weighted by Crippen LogP contribution is 2.00. The first kappa shape index (κ1) is 12.6. The van der Waals surface area contributed by atoms with E-state index in [1.54, 1.807) is 7.05 Å². The average molecular weight is 195 g/mol. The highest BCUT2D eigenvalue weighted by molar-refractivity contribution is 5.91. The minimum atomic E-state index is -0.203. The number of amides is 1. The van der Waals surface area contributed by atoms with Crippen LogP contribution in [0.25, 0.3) is 0 Å². The summed E-state index contributed by atoms with van der Waals surface area (Å²) in [5.74, 6) is -0.203. The lowest BCUT2D eigenvalue weighted by molar-refractivity contribution is 0.0957. The molecule has 1 amide bonds. The second-order valence-electron chi connectivity index (χ2n) is 2.51. The fourth-order valence-electron chi connectivity index (χ4n) is 0.779. The van der Waals surface area contributed by atoms with Crippen LogP contribution in [0.2, 0.25) is 0 Å². The average Bonchev–Trinajstić information content (AvgIpc) is 2.24. The summed E-state index contributed by atoms with van der Waals surface area (Å²) < 4.78 is 0. The fourth-order valence-corrected chi connectivity index (χ4v) is 0.779. The predicted molar refractivity (Wildman–Crippen MR) is 56.2 cm³/mol. The number of hydrogen-bond donors (Lipinski definition) is 1. The number of nitrogens with one attached hydrogen (secondary N) is 1. The van der Waals surface area contributed by atoms with Gasteiger partial charge in [0.15, 0.2) is 0 Å². The van der Waals surface area contributed by atoms with E-state index in [9.17, 15) is 4.79 Å². The first-order valence-corrected chi connectivity index (χ1v) is 4.67. The third kappa shape index (κ3) is 3.12.